The van der Waals surface area contributed by atoms with Crippen molar-refractivity contribution in [1.29, 1.82) is 0 Å². The number of rotatable bonds is 7. The van der Waals surface area contributed by atoms with Crippen LogP contribution in [-0.4, -0.2) is 81.8 Å². The summed E-state index contributed by atoms with van der Waals surface area (Å²) in [4.78, 5) is 2.02. The summed E-state index contributed by atoms with van der Waals surface area (Å²) >= 11 is 0. The molecule has 0 aromatic carbocycles. The number of nitrogens with one attached hydrogen (secondary N) is 1. The third-order valence-corrected chi connectivity index (χ3v) is 5.26. The van der Waals surface area contributed by atoms with Crippen LogP contribution in [-0.2, 0) is 10.2 Å². The molecule has 0 aliphatic carbocycles. The van der Waals surface area contributed by atoms with Gasteiger partial charge in [0.15, 0.2) is 0 Å². The summed E-state index contributed by atoms with van der Waals surface area (Å²) in [5, 5.41) is 3.24. The van der Waals surface area contributed by atoms with Gasteiger partial charge in [-0.05, 0) is 33.5 Å². The van der Waals surface area contributed by atoms with Crippen molar-refractivity contribution in [2.75, 3.05) is 59.9 Å². The first-order chi connectivity index (χ1) is 8.98. The van der Waals surface area contributed by atoms with Gasteiger partial charge in [-0.2, -0.15) is 17.0 Å². The van der Waals surface area contributed by atoms with Gasteiger partial charge < -0.3 is 10.2 Å². The average molecular weight is 292 g/mol. The third kappa shape index (κ3) is 5.35. The van der Waals surface area contributed by atoms with Gasteiger partial charge in [-0.1, -0.05) is 6.92 Å². The zero-order valence-electron chi connectivity index (χ0n) is 12.4. The van der Waals surface area contributed by atoms with E-state index in [0.717, 1.165) is 32.5 Å². The van der Waals surface area contributed by atoms with Gasteiger partial charge in [0.1, 0.15) is 0 Å². The maximum Gasteiger partial charge on any atom is 0.282 e. The highest BCUT2D eigenvalue weighted by Crippen LogP contribution is 2.11. The van der Waals surface area contributed by atoms with E-state index >= 15 is 0 Å². The number of hydrogen-bond acceptors (Lipinski definition) is 4. The third-order valence-electron chi connectivity index (χ3n) is 3.22. The molecule has 1 aliphatic rings. The first kappa shape index (κ1) is 16.8. The highest BCUT2D eigenvalue weighted by atomic mass is 32.2. The monoisotopic (exact) mass is 292 g/mol. The van der Waals surface area contributed by atoms with Crippen LogP contribution in [0.5, 0.6) is 0 Å². The van der Waals surface area contributed by atoms with Crippen LogP contribution < -0.4 is 5.32 Å². The van der Waals surface area contributed by atoms with E-state index < -0.39 is 10.2 Å². The molecule has 0 aromatic heterocycles. The fourth-order valence-corrected chi connectivity index (χ4v) is 3.85. The summed E-state index contributed by atoms with van der Waals surface area (Å²) in [6.45, 7) is 6.77. The van der Waals surface area contributed by atoms with Crippen LogP contribution in [0.4, 0.5) is 0 Å². The Balaban J connectivity index is 2.72. The van der Waals surface area contributed by atoms with Crippen LogP contribution in [0.15, 0.2) is 0 Å². The van der Waals surface area contributed by atoms with Crippen LogP contribution in [0.25, 0.3) is 0 Å². The summed E-state index contributed by atoms with van der Waals surface area (Å²) < 4.78 is 28.5. The van der Waals surface area contributed by atoms with Crippen molar-refractivity contribution in [2.24, 2.45) is 0 Å². The molecular weight excluding hydrogens is 264 g/mol. The number of likely N-dealkylation sites (N-methyl/N-ethyl adjacent to an activating group) is 1. The van der Waals surface area contributed by atoms with Gasteiger partial charge in [0.05, 0.1) is 0 Å². The molecule has 1 aliphatic heterocycles. The predicted molar refractivity (Wildman–Crippen MR) is 78.4 cm³/mol. The van der Waals surface area contributed by atoms with Crippen molar-refractivity contribution in [3.8, 4) is 0 Å². The Morgan fingerprint density at radius 3 is 2.47 bits per heavy atom. The Bertz CT molecular complexity index is 338. The summed E-state index contributed by atoms with van der Waals surface area (Å²) in [5.41, 5.74) is 0. The van der Waals surface area contributed by atoms with Gasteiger partial charge in [-0.3, -0.25) is 0 Å². The molecule has 0 aromatic rings. The SMILES string of the molecule is CCCN(CCN(C)C)S(=O)(=O)N1CCCNCC1. The summed E-state index contributed by atoms with van der Waals surface area (Å²) in [6, 6.07) is 0. The van der Waals surface area contributed by atoms with Gasteiger partial charge in [0.25, 0.3) is 10.2 Å². The minimum absolute atomic E-state index is 0.563. The van der Waals surface area contributed by atoms with E-state index in [2.05, 4.69) is 5.32 Å². The van der Waals surface area contributed by atoms with Crippen LogP contribution in [0.2, 0.25) is 0 Å². The van der Waals surface area contributed by atoms with E-state index in [-0.39, 0.29) is 0 Å². The second-order valence-corrected chi connectivity index (χ2v) is 7.14. The van der Waals surface area contributed by atoms with E-state index in [4.69, 9.17) is 0 Å². The van der Waals surface area contributed by atoms with E-state index in [1.165, 1.54) is 0 Å². The van der Waals surface area contributed by atoms with E-state index in [9.17, 15) is 8.42 Å². The molecule has 1 rings (SSSR count). The molecule has 0 radical (unpaired) electrons. The quantitative estimate of drug-likeness (QED) is 0.706. The number of nitrogens with zero attached hydrogens (tertiary/aromatic N) is 3. The molecule has 0 bridgehead atoms. The lowest BCUT2D eigenvalue weighted by atomic mass is 10.4. The Hall–Kier alpha value is -0.210. The standard InChI is InChI=1S/C12H28N4O2S/c1-4-8-15(12-11-14(2)3)19(17,18)16-9-5-6-13-7-10-16/h13H,4-12H2,1-3H3. The normalized spacial score (nSPS) is 19.0. The van der Waals surface area contributed by atoms with Crippen molar-refractivity contribution < 1.29 is 8.42 Å². The highest BCUT2D eigenvalue weighted by molar-refractivity contribution is 7.86. The minimum atomic E-state index is -3.31. The van der Waals surface area contributed by atoms with Crippen LogP contribution >= 0.6 is 0 Å². The second-order valence-electron chi connectivity index (χ2n) is 5.21. The largest absolute Gasteiger partial charge is 0.315 e. The molecule has 0 unspecified atom stereocenters. The zero-order chi connectivity index (χ0) is 14.3. The average Bonchev–Trinajstić information content (AvgIpc) is 2.63. The molecule has 0 saturated carbocycles. The molecule has 7 heteroatoms. The van der Waals surface area contributed by atoms with Crippen molar-refractivity contribution in [1.82, 2.24) is 18.8 Å². The molecule has 6 nitrogen and oxygen atoms in total. The van der Waals surface area contributed by atoms with Gasteiger partial charge in [-0.25, -0.2) is 0 Å². The van der Waals surface area contributed by atoms with Crippen LogP contribution in [0, 0.1) is 0 Å². The predicted octanol–water partition coefficient (Wildman–Crippen LogP) is -0.200. The maximum absolute atomic E-state index is 12.6. The smallest absolute Gasteiger partial charge is 0.282 e. The van der Waals surface area contributed by atoms with E-state index in [1.54, 1.807) is 8.61 Å². The van der Waals surface area contributed by atoms with Gasteiger partial charge in [-0.15, -0.1) is 0 Å². The Morgan fingerprint density at radius 1 is 1.11 bits per heavy atom. The summed E-state index contributed by atoms with van der Waals surface area (Å²) in [6.07, 6.45) is 1.73. The number of hydrogen-bond donors (Lipinski definition) is 1. The lowest BCUT2D eigenvalue weighted by Gasteiger charge is -2.29. The van der Waals surface area contributed by atoms with Crippen LogP contribution in [0.3, 0.4) is 0 Å². The topological polar surface area (TPSA) is 55.9 Å². The first-order valence-corrected chi connectivity index (χ1v) is 8.49. The zero-order valence-corrected chi connectivity index (χ0v) is 13.2. The molecule has 1 saturated heterocycles. The molecule has 19 heavy (non-hydrogen) atoms. The fourth-order valence-electron chi connectivity index (χ4n) is 2.12. The lowest BCUT2D eigenvalue weighted by molar-refractivity contribution is 0.306. The van der Waals surface area contributed by atoms with Crippen LogP contribution in [0.1, 0.15) is 19.8 Å². The second kappa shape index (κ2) is 8.16. The molecule has 1 N–H and O–H groups in total. The first-order valence-electron chi connectivity index (χ1n) is 7.09. The molecule has 0 spiro atoms. The Morgan fingerprint density at radius 2 is 1.84 bits per heavy atom. The van der Waals surface area contributed by atoms with Gasteiger partial charge >= 0.3 is 0 Å². The van der Waals surface area contributed by atoms with Gasteiger partial charge in [0, 0.05) is 39.3 Å². The molecule has 1 fully saturated rings. The summed E-state index contributed by atoms with van der Waals surface area (Å²) in [5.74, 6) is 0. The molecule has 114 valence electrons. The molecule has 0 atom stereocenters. The van der Waals surface area contributed by atoms with Crippen molar-refractivity contribution in [3.63, 3.8) is 0 Å². The summed E-state index contributed by atoms with van der Waals surface area (Å²) in [7, 11) is 0.624. The Kier molecular flexibility index (Phi) is 7.23. The molecule has 1 heterocycles. The van der Waals surface area contributed by atoms with E-state index in [1.807, 2.05) is 25.9 Å². The van der Waals surface area contributed by atoms with Gasteiger partial charge in [0.2, 0.25) is 0 Å². The Labute approximate surface area is 117 Å². The van der Waals surface area contributed by atoms with Crippen molar-refractivity contribution >= 4 is 10.2 Å². The fraction of sp³-hybridized carbons (Fsp3) is 1.00. The molecular formula is C12H28N4O2S. The molecule has 0 amide bonds. The highest BCUT2D eigenvalue weighted by Gasteiger charge is 2.29. The van der Waals surface area contributed by atoms with E-state index in [0.29, 0.717) is 26.2 Å². The minimum Gasteiger partial charge on any atom is -0.315 e. The lowest BCUT2D eigenvalue weighted by Crippen LogP contribution is -2.47. The maximum atomic E-state index is 12.6. The van der Waals surface area contributed by atoms with Crippen molar-refractivity contribution in [3.05, 3.63) is 0 Å². The van der Waals surface area contributed by atoms with Crippen molar-refractivity contribution in [2.45, 2.75) is 19.8 Å².